The number of hydrogen-bond acceptors (Lipinski definition) is 6. The minimum atomic E-state index is -1.08. The van der Waals surface area contributed by atoms with Crippen LogP contribution in [0.25, 0.3) is 11.3 Å². The first kappa shape index (κ1) is 16.4. The van der Waals surface area contributed by atoms with Gasteiger partial charge in [0.15, 0.2) is 0 Å². The summed E-state index contributed by atoms with van der Waals surface area (Å²) in [5, 5.41) is 12.5. The number of anilines is 1. The molecule has 0 saturated heterocycles. The molecule has 1 aromatic carbocycles. The molecule has 2 N–H and O–H groups in total. The third-order valence-electron chi connectivity index (χ3n) is 3.56. The van der Waals surface area contributed by atoms with Crippen molar-refractivity contribution < 1.29 is 14.6 Å². The van der Waals surface area contributed by atoms with Gasteiger partial charge in [0.1, 0.15) is 11.3 Å². The molecule has 0 fully saturated rings. The van der Waals surface area contributed by atoms with Crippen LogP contribution in [0.2, 0.25) is 0 Å². The number of carboxylic acid groups (broad SMARTS) is 1. The van der Waals surface area contributed by atoms with Gasteiger partial charge < -0.3 is 15.2 Å². The molecule has 25 heavy (non-hydrogen) atoms. The van der Waals surface area contributed by atoms with Crippen molar-refractivity contribution in [2.24, 2.45) is 0 Å². The van der Waals surface area contributed by atoms with Crippen LogP contribution < -0.4 is 10.1 Å². The summed E-state index contributed by atoms with van der Waals surface area (Å²) in [4.78, 5) is 23.9. The van der Waals surface area contributed by atoms with Gasteiger partial charge in [-0.15, -0.1) is 0 Å². The maximum absolute atomic E-state index is 11.5. The molecule has 0 atom stereocenters. The summed E-state index contributed by atoms with van der Waals surface area (Å²) < 4.78 is 5.20. The van der Waals surface area contributed by atoms with Gasteiger partial charge in [-0.3, -0.25) is 4.98 Å². The molecule has 3 aromatic rings. The van der Waals surface area contributed by atoms with Crippen molar-refractivity contribution in [2.45, 2.75) is 6.54 Å². The van der Waals surface area contributed by atoms with Gasteiger partial charge in [0.2, 0.25) is 5.95 Å². The molecule has 3 rings (SSSR count). The summed E-state index contributed by atoms with van der Waals surface area (Å²) >= 11 is 0. The van der Waals surface area contributed by atoms with Gasteiger partial charge in [-0.1, -0.05) is 12.1 Å². The lowest BCUT2D eigenvalue weighted by Crippen LogP contribution is -2.08. The topological polar surface area (TPSA) is 97.2 Å². The van der Waals surface area contributed by atoms with Gasteiger partial charge >= 0.3 is 5.97 Å². The number of aromatic carboxylic acids is 1. The SMILES string of the molecule is COc1cccc(-c2nc(NCc3ccncc3)ncc2C(=O)O)c1. The quantitative estimate of drug-likeness (QED) is 0.714. The highest BCUT2D eigenvalue weighted by Crippen LogP contribution is 2.26. The Morgan fingerprint density at radius 1 is 1.24 bits per heavy atom. The summed E-state index contributed by atoms with van der Waals surface area (Å²) in [6, 6.07) is 10.8. The molecule has 0 radical (unpaired) electrons. The molecule has 0 spiro atoms. The van der Waals surface area contributed by atoms with Crippen molar-refractivity contribution in [3.05, 3.63) is 66.1 Å². The van der Waals surface area contributed by atoms with E-state index in [1.807, 2.05) is 12.1 Å². The Bertz CT molecular complexity index is 884. The standard InChI is InChI=1S/C18H16N4O3/c1-25-14-4-2-3-13(9-14)16-15(17(23)24)11-21-18(22-16)20-10-12-5-7-19-8-6-12/h2-9,11H,10H2,1H3,(H,23,24)(H,20,21,22). The van der Waals surface area contributed by atoms with Crippen LogP contribution in [-0.2, 0) is 6.54 Å². The van der Waals surface area contributed by atoms with Crippen molar-refractivity contribution in [2.75, 3.05) is 12.4 Å². The maximum Gasteiger partial charge on any atom is 0.339 e. The number of aromatic nitrogens is 3. The highest BCUT2D eigenvalue weighted by Gasteiger charge is 2.16. The van der Waals surface area contributed by atoms with Gasteiger partial charge in [0.25, 0.3) is 0 Å². The number of nitrogens with zero attached hydrogens (tertiary/aromatic N) is 3. The molecule has 0 saturated carbocycles. The van der Waals surface area contributed by atoms with E-state index in [1.165, 1.54) is 6.20 Å². The van der Waals surface area contributed by atoms with Crippen LogP contribution in [0, 0.1) is 0 Å². The largest absolute Gasteiger partial charge is 0.497 e. The number of methoxy groups -OCH3 is 1. The lowest BCUT2D eigenvalue weighted by Gasteiger charge is -2.10. The Morgan fingerprint density at radius 3 is 2.76 bits per heavy atom. The lowest BCUT2D eigenvalue weighted by atomic mass is 10.1. The fourth-order valence-corrected chi connectivity index (χ4v) is 2.30. The van der Waals surface area contributed by atoms with Crippen LogP contribution in [0.1, 0.15) is 15.9 Å². The van der Waals surface area contributed by atoms with Crippen LogP contribution in [0.15, 0.2) is 55.0 Å². The van der Waals surface area contributed by atoms with E-state index >= 15 is 0 Å². The molecule has 126 valence electrons. The Kier molecular flexibility index (Phi) is 4.84. The second-order valence-electron chi connectivity index (χ2n) is 5.20. The highest BCUT2D eigenvalue weighted by molar-refractivity contribution is 5.94. The van der Waals surface area contributed by atoms with Gasteiger partial charge in [-0.05, 0) is 29.8 Å². The summed E-state index contributed by atoms with van der Waals surface area (Å²) in [6.45, 7) is 0.506. The second-order valence-corrected chi connectivity index (χ2v) is 5.20. The van der Waals surface area contributed by atoms with Crippen molar-refractivity contribution in [3.63, 3.8) is 0 Å². The molecule has 0 unspecified atom stereocenters. The second kappa shape index (κ2) is 7.39. The van der Waals surface area contributed by atoms with E-state index < -0.39 is 5.97 Å². The molecule has 0 aliphatic carbocycles. The van der Waals surface area contributed by atoms with Crippen LogP contribution >= 0.6 is 0 Å². The summed E-state index contributed by atoms with van der Waals surface area (Å²) in [5.41, 5.74) is 2.02. The summed E-state index contributed by atoms with van der Waals surface area (Å²) in [6.07, 6.45) is 4.71. The van der Waals surface area contributed by atoms with Crippen molar-refractivity contribution in [1.82, 2.24) is 15.0 Å². The van der Waals surface area contributed by atoms with Crippen LogP contribution in [0.3, 0.4) is 0 Å². The molecule has 0 aliphatic rings. The van der Waals surface area contributed by atoms with E-state index in [0.717, 1.165) is 5.56 Å². The van der Waals surface area contributed by atoms with Gasteiger partial charge in [0.05, 0.1) is 12.8 Å². The minimum Gasteiger partial charge on any atom is -0.497 e. The van der Waals surface area contributed by atoms with Gasteiger partial charge in [-0.2, -0.15) is 0 Å². The lowest BCUT2D eigenvalue weighted by molar-refractivity contribution is 0.0697. The predicted molar refractivity (Wildman–Crippen MR) is 92.5 cm³/mol. The molecule has 0 aliphatic heterocycles. The number of rotatable bonds is 6. The molecule has 0 bridgehead atoms. The van der Waals surface area contributed by atoms with Crippen LogP contribution in [-0.4, -0.2) is 33.1 Å². The number of carbonyl (C=O) groups is 1. The zero-order chi connectivity index (χ0) is 17.6. The Hall–Kier alpha value is -3.48. The number of ether oxygens (including phenoxy) is 1. The number of nitrogens with one attached hydrogen (secondary N) is 1. The summed E-state index contributed by atoms with van der Waals surface area (Å²) in [7, 11) is 1.55. The molecule has 2 heterocycles. The zero-order valence-electron chi connectivity index (χ0n) is 13.5. The van der Waals surface area contributed by atoms with Crippen molar-refractivity contribution >= 4 is 11.9 Å². The number of pyridine rings is 1. The third kappa shape index (κ3) is 3.89. The Morgan fingerprint density at radius 2 is 2.04 bits per heavy atom. The fourth-order valence-electron chi connectivity index (χ4n) is 2.30. The first-order valence-electron chi connectivity index (χ1n) is 7.55. The fraction of sp³-hybridized carbons (Fsp3) is 0.111. The summed E-state index contributed by atoms with van der Waals surface area (Å²) in [5.74, 6) is -0.114. The molecular weight excluding hydrogens is 320 g/mol. The van der Waals surface area contributed by atoms with Crippen LogP contribution in [0.4, 0.5) is 5.95 Å². The van der Waals surface area contributed by atoms with E-state index in [4.69, 9.17) is 4.74 Å². The van der Waals surface area contributed by atoms with Crippen molar-refractivity contribution in [3.8, 4) is 17.0 Å². The molecular formula is C18H16N4O3. The number of hydrogen-bond donors (Lipinski definition) is 2. The minimum absolute atomic E-state index is 0.0303. The third-order valence-corrected chi connectivity index (χ3v) is 3.56. The Balaban J connectivity index is 1.93. The van der Waals surface area contributed by atoms with E-state index in [9.17, 15) is 9.90 Å². The molecule has 2 aromatic heterocycles. The first-order valence-corrected chi connectivity index (χ1v) is 7.55. The van der Waals surface area contributed by atoms with Crippen LogP contribution in [0.5, 0.6) is 5.75 Å². The zero-order valence-corrected chi connectivity index (χ0v) is 13.5. The van der Waals surface area contributed by atoms with E-state index in [1.54, 1.807) is 43.8 Å². The van der Waals surface area contributed by atoms with E-state index in [-0.39, 0.29) is 5.56 Å². The average Bonchev–Trinajstić information content (AvgIpc) is 2.67. The predicted octanol–water partition coefficient (Wildman–Crippen LogP) is 2.86. The molecule has 7 heteroatoms. The highest BCUT2D eigenvalue weighted by atomic mass is 16.5. The normalized spacial score (nSPS) is 10.3. The number of carboxylic acids is 1. The molecule has 0 amide bonds. The van der Waals surface area contributed by atoms with Gasteiger partial charge in [-0.25, -0.2) is 14.8 Å². The Labute approximate surface area is 144 Å². The molecule has 7 nitrogen and oxygen atoms in total. The smallest absolute Gasteiger partial charge is 0.339 e. The average molecular weight is 336 g/mol. The van der Waals surface area contributed by atoms with E-state index in [0.29, 0.717) is 29.5 Å². The maximum atomic E-state index is 11.5. The monoisotopic (exact) mass is 336 g/mol. The van der Waals surface area contributed by atoms with E-state index in [2.05, 4.69) is 20.3 Å². The number of benzene rings is 1. The van der Waals surface area contributed by atoms with Gasteiger partial charge in [0, 0.05) is 30.7 Å². The first-order chi connectivity index (χ1) is 12.2. The van der Waals surface area contributed by atoms with Crippen molar-refractivity contribution in [1.29, 1.82) is 0 Å².